The van der Waals surface area contributed by atoms with Crippen LogP contribution < -0.4 is 5.32 Å². The molecular formula is C19H16ClFN2O. The summed E-state index contributed by atoms with van der Waals surface area (Å²) in [6.45, 7) is 3.76. The van der Waals surface area contributed by atoms with Crippen molar-refractivity contribution < 1.29 is 9.18 Å². The van der Waals surface area contributed by atoms with Crippen molar-refractivity contribution in [2.24, 2.45) is 0 Å². The second-order valence-electron chi connectivity index (χ2n) is 5.53. The Hall–Kier alpha value is -2.59. The van der Waals surface area contributed by atoms with Crippen LogP contribution in [0.4, 0.5) is 10.1 Å². The third-order valence-corrected chi connectivity index (χ3v) is 4.21. The van der Waals surface area contributed by atoms with Gasteiger partial charge in [0.05, 0.1) is 16.3 Å². The molecule has 0 aliphatic heterocycles. The summed E-state index contributed by atoms with van der Waals surface area (Å²) in [6.07, 6.45) is 0. The molecule has 0 saturated carbocycles. The number of rotatable bonds is 3. The van der Waals surface area contributed by atoms with E-state index in [0.29, 0.717) is 16.3 Å². The summed E-state index contributed by atoms with van der Waals surface area (Å²) < 4.78 is 15.0. The molecule has 0 atom stereocenters. The van der Waals surface area contributed by atoms with Crippen molar-refractivity contribution in [3.63, 3.8) is 0 Å². The molecule has 0 fully saturated rings. The Bertz CT molecular complexity index is 900. The van der Waals surface area contributed by atoms with Crippen molar-refractivity contribution in [1.29, 1.82) is 0 Å². The number of anilines is 1. The SMILES string of the molecule is Cc1cc(C(=O)Nc2ccccc2Cl)c(C)n1-c1ccc(F)cc1. The number of para-hydroxylation sites is 1. The van der Waals surface area contributed by atoms with E-state index in [1.54, 1.807) is 30.3 Å². The van der Waals surface area contributed by atoms with E-state index in [1.165, 1.54) is 12.1 Å². The number of nitrogens with zero attached hydrogens (tertiary/aromatic N) is 1. The fourth-order valence-electron chi connectivity index (χ4n) is 2.73. The van der Waals surface area contributed by atoms with E-state index in [0.717, 1.165) is 17.1 Å². The molecule has 122 valence electrons. The Labute approximate surface area is 144 Å². The van der Waals surface area contributed by atoms with Crippen molar-refractivity contribution >= 4 is 23.2 Å². The van der Waals surface area contributed by atoms with Gasteiger partial charge >= 0.3 is 0 Å². The topological polar surface area (TPSA) is 34.0 Å². The summed E-state index contributed by atoms with van der Waals surface area (Å²) in [6, 6.07) is 15.1. The van der Waals surface area contributed by atoms with Crippen molar-refractivity contribution in [2.75, 3.05) is 5.32 Å². The number of aryl methyl sites for hydroxylation is 1. The minimum absolute atomic E-state index is 0.232. The summed E-state index contributed by atoms with van der Waals surface area (Å²) in [5.41, 5.74) is 3.60. The summed E-state index contributed by atoms with van der Waals surface area (Å²) in [5.74, 6) is -0.526. The predicted molar refractivity (Wildman–Crippen MR) is 94.6 cm³/mol. The first-order chi connectivity index (χ1) is 11.5. The number of hydrogen-bond acceptors (Lipinski definition) is 1. The average molecular weight is 343 g/mol. The van der Waals surface area contributed by atoms with Crippen molar-refractivity contribution in [3.05, 3.63) is 82.4 Å². The molecule has 0 spiro atoms. The van der Waals surface area contributed by atoms with Gasteiger partial charge in [-0.3, -0.25) is 4.79 Å². The van der Waals surface area contributed by atoms with Gasteiger partial charge in [-0.05, 0) is 56.3 Å². The minimum atomic E-state index is -0.294. The van der Waals surface area contributed by atoms with Gasteiger partial charge in [0.15, 0.2) is 0 Å². The Morgan fingerprint density at radius 3 is 2.42 bits per heavy atom. The van der Waals surface area contributed by atoms with Gasteiger partial charge in [-0.25, -0.2) is 4.39 Å². The van der Waals surface area contributed by atoms with E-state index in [1.807, 2.05) is 30.5 Å². The molecule has 3 nitrogen and oxygen atoms in total. The van der Waals surface area contributed by atoms with E-state index in [-0.39, 0.29) is 11.7 Å². The molecule has 1 heterocycles. The molecule has 0 aliphatic rings. The number of carbonyl (C=O) groups is 1. The number of aromatic nitrogens is 1. The molecule has 1 N–H and O–H groups in total. The molecule has 0 bridgehead atoms. The highest BCUT2D eigenvalue weighted by atomic mass is 35.5. The quantitative estimate of drug-likeness (QED) is 0.702. The standard InChI is InChI=1S/C19H16ClFN2O/c1-12-11-16(19(24)22-18-6-4-3-5-17(18)20)13(2)23(12)15-9-7-14(21)8-10-15/h3-11H,1-2H3,(H,22,24). The van der Waals surface area contributed by atoms with Gasteiger partial charge in [-0.15, -0.1) is 0 Å². The molecule has 2 aromatic carbocycles. The second-order valence-corrected chi connectivity index (χ2v) is 5.94. The fraction of sp³-hybridized carbons (Fsp3) is 0.105. The van der Waals surface area contributed by atoms with Gasteiger partial charge in [0, 0.05) is 17.1 Å². The van der Waals surface area contributed by atoms with Gasteiger partial charge in [-0.2, -0.15) is 0 Å². The van der Waals surface area contributed by atoms with E-state index >= 15 is 0 Å². The number of hydrogen-bond donors (Lipinski definition) is 1. The minimum Gasteiger partial charge on any atom is -0.321 e. The van der Waals surface area contributed by atoms with Crippen LogP contribution in [0.1, 0.15) is 21.7 Å². The van der Waals surface area contributed by atoms with Crippen LogP contribution in [-0.4, -0.2) is 10.5 Å². The molecule has 24 heavy (non-hydrogen) atoms. The Morgan fingerprint density at radius 2 is 1.75 bits per heavy atom. The third kappa shape index (κ3) is 3.05. The number of carbonyl (C=O) groups excluding carboxylic acids is 1. The predicted octanol–water partition coefficient (Wildman–Crippen LogP) is 5.14. The summed E-state index contributed by atoms with van der Waals surface area (Å²) in [7, 11) is 0. The lowest BCUT2D eigenvalue weighted by molar-refractivity contribution is 0.102. The summed E-state index contributed by atoms with van der Waals surface area (Å²) in [4.78, 5) is 12.6. The van der Waals surface area contributed by atoms with Crippen LogP contribution in [0.3, 0.4) is 0 Å². The number of benzene rings is 2. The van der Waals surface area contributed by atoms with Gasteiger partial charge in [0.1, 0.15) is 5.82 Å². The van der Waals surface area contributed by atoms with Gasteiger partial charge in [0.2, 0.25) is 0 Å². The zero-order valence-electron chi connectivity index (χ0n) is 13.3. The monoisotopic (exact) mass is 342 g/mol. The Kier molecular flexibility index (Phi) is 4.40. The maximum atomic E-state index is 13.1. The maximum absolute atomic E-state index is 13.1. The van der Waals surface area contributed by atoms with Crippen molar-refractivity contribution in [3.8, 4) is 5.69 Å². The molecule has 1 aromatic heterocycles. The second kappa shape index (κ2) is 6.49. The van der Waals surface area contributed by atoms with E-state index < -0.39 is 0 Å². The van der Waals surface area contributed by atoms with Crippen LogP contribution in [0, 0.1) is 19.7 Å². The molecular weight excluding hydrogens is 327 g/mol. The van der Waals surface area contributed by atoms with Crippen LogP contribution in [0.15, 0.2) is 54.6 Å². The zero-order valence-corrected chi connectivity index (χ0v) is 14.1. The average Bonchev–Trinajstić information content (AvgIpc) is 2.85. The Balaban J connectivity index is 1.95. The van der Waals surface area contributed by atoms with Crippen LogP contribution in [0.5, 0.6) is 0 Å². The lowest BCUT2D eigenvalue weighted by Crippen LogP contribution is -2.13. The molecule has 1 amide bonds. The molecule has 5 heteroatoms. The number of halogens is 2. The van der Waals surface area contributed by atoms with E-state index in [9.17, 15) is 9.18 Å². The first-order valence-corrected chi connectivity index (χ1v) is 7.86. The third-order valence-electron chi connectivity index (χ3n) is 3.88. The highest BCUT2D eigenvalue weighted by Crippen LogP contribution is 2.24. The summed E-state index contributed by atoms with van der Waals surface area (Å²) in [5, 5.41) is 3.31. The van der Waals surface area contributed by atoms with Gasteiger partial charge in [-0.1, -0.05) is 23.7 Å². The van der Waals surface area contributed by atoms with Crippen LogP contribution in [0.2, 0.25) is 5.02 Å². The molecule has 3 rings (SSSR count). The zero-order chi connectivity index (χ0) is 17.3. The van der Waals surface area contributed by atoms with Crippen molar-refractivity contribution in [2.45, 2.75) is 13.8 Å². The normalized spacial score (nSPS) is 10.7. The van der Waals surface area contributed by atoms with Crippen molar-refractivity contribution in [1.82, 2.24) is 4.57 Å². The first kappa shape index (κ1) is 16.3. The van der Waals surface area contributed by atoms with Gasteiger partial charge in [0.25, 0.3) is 5.91 Å². The van der Waals surface area contributed by atoms with Gasteiger partial charge < -0.3 is 9.88 Å². The number of amides is 1. The highest BCUT2D eigenvalue weighted by molar-refractivity contribution is 6.33. The fourth-order valence-corrected chi connectivity index (χ4v) is 2.92. The van der Waals surface area contributed by atoms with E-state index in [4.69, 9.17) is 11.6 Å². The molecule has 0 unspecified atom stereocenters. The smallest absolute Gasteiger partial charge is 0.257 e. The van der Waals surface area contributed by atoms with Crippen LogP contribution >= 0.6 is 11.6 Å². The molecule has 0 radical (unpaired) electrons. The first-order valence-electron chi connectivity index (χ1n) is 7.48. The van der Waals surface area contributed by atoms with Crippen LogP contribution in [-0.2, 0) is 0 Å². The lowest BCUT2D eigenvalue weighted by Gasteiger charge is -2.10. The largest absolute Gasteiger partial charge is 0.321 e. The Morgan fingerprint density at radius 1 is 1.08 bits per heavy atom. The van der Waals surface area contributed by atoms with E-state index in [2.05, 4.69) is 5.32 Å². The summed E-state index contributed by atoms with van der Waals surface area (Å²) >= 11 is 6.09. The highest BCUT2D eigenvalue weighted by Gasteiger charge is 2.17. The molecule has 0 saturated heterocycles. The van der Waals surface area contributed by atoms with Crippen LogP contribution in [0.25, 0.3) is 5.69 Å². The molecule has 3 aromatic rings. The lowest BCUT2D eigenvalue weighted by atomic mass is 10.2. The molecule has 0 aliphatic carbocycles. The maximum Gasteiger partial charge on any atom is 0.257 e. The number of nitrogens with one attached hydrogen (secondary N) is 1.